The van der Waals surface area contributed by atoms with Crippen LogP contribution < -0.4 is 5.32 Å². The fourth-order valence-electron chi connectivity index (χ4n) is 1.92. The fourth-order valence-corrected chi connectivity index (χ4v) is 2.10. The molecule has 0 radical (unpaired) electrons. The number of benzene rings is 1. The van der Waals surface area contributed by atoms with Crippen LogP contribution in [0.25, 0.3) is 0 Å². The van der Waals surface area contributed by atoms with Crippen molar-refractivity contribution in [3.8, 4) is 0 Å². The van der Waals surface area contributed by atoms with Crippen LogP contribution >= 0.6 is 11.6 Å². The number of halogens is 2. The zero-order chi connectivity index (χ0) is 14.2. The monoisotopic (exact) mass is 284 g/mol. The first-order valence-electron chi connectivity index (χ1n) is 5.85. The zero-order valence-electron chi connectivity index (χ0n) is 10.7. The average molecular weight is 285 g/mol. The fraction of sp³-hybridized carbons (Fsp3) is 0.385. The van der Waals surface area contributed by atoms with Crippen molar-refractivity contribution in [1.82, 2.24) is 10.2 Å². The molecule has 0 aromatic heterocycles. The minimum atomic E-state index is -0.812. The molecule has 19 heavy (non-hydrogen) atoms. The quantitative estimate of drug-likeness (QED) is 0.841. The summed E-state index contributed by atoms with van der Waals surface area (Å²) < 4.78 is 13.3. The van der Waals surface area contributed by atoms with Gasteiger partial charge in [-0.25, -0.2) is 4.39 Å². The lowest BCUT2D eigenvalue weighted by atomic mass is 10.00. The van der Waals surface area contributed by atoms with Crippen LogP contribution in [-0.4, -0.2) is 28.8 Å². The van der Waals surface area contributed by atoms with E-state index in [1.165, 1.54) is 12.1 Å². The van der Waals surface area contributed by atoms with Crippen molar-refractivity contribution in [2.24, 2.45) is 0 Å². The highest BCUT2D eigenvalue weighted by atomic mass is 35.5. The molecule has 1 aliphatic heterocycles. The molecule has 1 aromatic rings. The summed E-state index contributed by atoms with van der Waals surface area (Å²) in [5.41, 5.74) is -0.394. The number of imide groups is 1. The van der Waals surface area contributed by atoms with E-state index in [1.807, 2.05) is 0 Å². The maximum absolute atomic E-state index is 13.3. The number of nitrogens with one attached hydrogen (secondary N) is 1. The molecule has 6 heteroatoms. The predicted molar refractivity (Wildman–Crippen MR) is 69.0 cm³/mol. The molecular formula is C13H14ClFN2O2. The van der Waals surface area contributed by atoms with Crippen molar-refractivity contribution in [1.29, 1.82) is 0 Å². The van der Waals surface area contributed by atoms with Gasteiger partial charge < -0.3 is 0 Å². The van der Waals surface area contributed by atoms with Gasteiger partial charge in [0.25, 0.3) is 0 Å². The smallest absolute Gasteiger partial charge is 0.249 e. The largest absolute Gasteiger partial charge is 0.295 e. The second kappa shape index (κ2) is 4.90. The van der Waals surface area contributed by atoms with E-state index < -0.39 is 11.4 Å². The lowest BCUT2D eigenvalue weighted by Gasteiger charge is -2.36. The molecule has 0 saturated carbocycles. The number of amides is 2. The first kappa shape index (κ1) is 14.0. The Morgan fingerprint density at radius 2 is 2.11 bits per heavy atom. The minimum absolute atomic E-state index is 0.0145. The highest BCUT2D eigenvalue weighted by molar-refractivity contribution is 6.31. The second-order valence-electron chi connectivity index (χ2n) is 4.98. The second-order valence-corrected chi connectivity index (χ2v) is 5.35. The normalized spacial score (nSPS) is 18.8. The van der Waals surface area contributed by atoms with Gasteiger partial charge in [0.05, 0.1) is 23.7 Å². The molecule has 1 aromatic carbocycles. The van der Waals surface area contributed by atoms with Crippen molar-refractivity contribution >= 4 is 23.4 Å². The average Bonchev–Trinajstić information content (AvgIpc) is 2.35. The van der Waals surface area contributed by atoms with Crippen molar-refractivity contribution in [3.63, 3.8) is 0 Å². The van der Waals surface area contributed by atoms with Crippen LogP contribution in [0, 0.1) is 5.82 Å². The van der Waals surface area contributed by atoms with Crippen LogP contribution in [0.2, 0.25) is 5.02 Å². The first-order valence-corrected chi connectivity index (χ1v) is 6.23. The van der Waals surface area contributed by atoms with Crippen molar-refractivity contribution in [2.45, 2.75) is 25.9 Å². The predicted octanol–water partition coefficient (Wildman–Crippen LogP) is 1.72. The molecule has 0 atom stereocenters. The molecule has 0 spiro atoms. The molecule has 4 nitrogen and oxygen atoms in total. The molecule has 0 bridgehead atoms. The highest BCUT2D eigenvalue weighted by Crippen LogP contribution is 2.23. The number of rotatable bonds is 2. The SMILES string of the molecule is CC1(C)NCC(=O)N(Cc2cccc(F)c2Cl)C1=O. The van der Waals surface area contributed by atoms with Crippen molar-refractivity contribution in [2.75, 3.05) is 6.54 Å². The number of nitrogens with zero attached hydrogens (tertiary/aromatic N) is 1. The molecule has 2 rings (SSSR count). The summed E-state index contributed by atoms with van der Waals surface area (Å²) in [6, 6.07) is 4.33. The molecular weight excluding hydrogens is 271 g/mol. The summed E-state index contributed by atoms with van der Waals surface area (Å²) in [5, 5.41) is 2.80. The Balaban J connectivity index is 2.28. The number of carbonyl (C=O) groups is 2. The van der Waals surface area contributed by atoms with E-state index in [2.05, 4.69) is 5.32 Å². The molecule has 1 N–H and O–H groups in total. The number of piperazine rings is 1. The Kier molecular flexibility index (Phi) is 3.60. The van der Waals surface area contributed by atoms with Gasteiger partial charge in [0, 0.05) is 0 Å². The van der Waals surface area contributed by atoms with Gasteiger partial charge in [-0.3, -0.25) is 19.8 Å². The highest BCUT2D eigenvalue weighted by Gasteiger charge is 2.39. The van der Waals surface area contributed by atoms with Gasteiger partial charge in [-0.1, -0.05) is 23.7 Å². The van der Waals surface area contributed by atoms with Gasteiger partial charge in [-0.15, -0.1) is 0 Å². The van der Waals surface area contributed by atoms with Gasteiger partial charge in [0.1, 0.15) is 5.82 Å². The molecule has 102 valence electrons. The van der Waals surface area contributed by atoms with Crippen LogP contribution in [0.5, 0.6) is 0 Å². The Labute approximate surface area is 115 Å². The Morgan fingerprint density at radius 1 is 1.42 bits per heavy atom. The van der Waals surface area contributed by atoms with Crippen LogP contribution in [0.1, 0.15) is 19.4 Å². The van der Waals surface area contributed by atoms with E-state index >= 15 is 0 Å². The number of hydrogen-bond acceptors (Lipinski definition) is 3. The van der Waals surface area contributed by atoms with E-state index in [-0.39, 0.29) is 29.9 Å². The van der Waals surface area contributed by atoms with E-state index in [1.54, 1.807) is 19.9 Å². The summed E-state index contributed by atoms with van der Waals surface area (Å²) in [7, 11) is 0. The molecule has 2 amide bonds. The van der Waals surface area contributed by atoms with Crippen molar-refractivity contribution < 1.29 is 14.0 Å². The number of hydrogen-bond donors (Lipinski definition) is 1. The van der Waals surface area contributed by atoms with Gasteiger partial charge in [0.2, 0.25) is 11.8 Å². The van der Waals surface area contributed by atoms with Crippen LogP contribution in [-0.2, 0) is 16.1 Å². The molecule has 0 aliphatic carbocycles. The van der Waals surface area contributed by atoms with Gasteiger partial charge in [-0.2, -0.15) is 0 Å². The van der Waals surface area contributed by atoms with Crippen molar-refractivity contribution in [3.05, 3.63) is 34.6 Å². The molecule has 1 heterocycles. The van der Waals surface area contributed by atoms with E-state index in [9.17, 15) is 14.0 Å². The molecule has 1 saturated heterocycles. The summed E-state index contributed by atoms with van der Waals surface area (Å²) >= 11 is 5.84. The summed E-state index contributed by atoms with van der Waals surface area (Å²) in [6.45, 7) is 3.45. The van der Waals surface area contributed by atoms with E-state index in [0.717, 1.165) is 4.90 Å². The van der Waals surface area contributed by atoms with Gasteiger partial charge in [0.15, 0.2) is 0 Å². The maximum Gasteiger partial charge on any atom is 0.249 e. The van der Waals surface area contributed by atoms with Crippen LogP contribution in [0.4, 0.5) is 4.39 Å². The van der Waals surface area contributed by atoms with Crippen LogP contribution in [0.3, 0.4) is 0 Å². The lowest BCUT2D eigenvalue weighted by Crippen LogP contribution is -2.63. The standard InChI is InChI=1S/C13H14ClFN2O2/c1-13(2)12(19)17(10(18)6-16-13)7-8-4-3-5-9(15)11(8)14/h3-5,16H,6-7H2,1-2H3. The number of carbonyl (C=O) groups excluding carboxylic acids is 2. The van der Waals surface area contributed by atoms with Gasteiger partial charge in [-0.05, 0) is 25.5 Å². The third-order valence-corrected chi connectivity index (χ3v) is 3.55. The summed E-state index contributed by atoms with van der Waals surface area (Å²) in [6.07, 6.45) is 0. The topological polar surface area (TPSA) is 49.4 Å². The molecule has 1 fully saturated rings. The lowest BCUT2D eigenvalue weighted by molar-refractivity contribution is -0.153. The van der Waals surface area contributed by atoms with E-state index in [0.29, 0.717) is 5.56 Å². The Bertz CT molecular complexity index is 545. The zero-order valence-corrected chi connectivity index (χ0v) is 11.4. The first-order chi connectivity index (χ1) is 8.83. The summed E-state index contributed by atoms with van der Waals surface area (Å²) in [5.74, 6) is -1.25. The third-order valence-electron chi connectivity index (χ3n) is 3.12. The van der Waals surface area contributed by atoms with Gasteiger partial charge >= 0.3 is 0 Å². The molecule has 1 aliphatic rings. The Hall–Kier alpha value is -1.46. The third kappa shape index (κ3) is 2.62. The summed E-state index contributed by atoms with van der Waals surface area (Å²) in [4.78, 5) is 25.1. The van der Waals surface area contributed by atoms with E-state index in [4.69, 9.17) is 11.6 Å². The molecule has 0 unspecified atom stereocenters. The Morgan fingerprint density at radius 3 is 2.79 bits per heavy atom. The van der Waals surface area contributed by atoms with Crippen LogP contribution in [0.15, 0.2) is 18.2 Å². The minimum Gasteiger partial charge on any atom is -0.295 e. The maximum atomic E-state index is 13.3.